The Morgan fingerprint density at radius 2 is 0.736 bits per heavy atom. The maximum atomic E-state index is 14.9. The fraction of sp³-hybridized carbons (Fsp3) is 0.243. The first-order chi connectivity index (χ1) is 42.0. The summed E-state index contributed by atoms with van der Waals surface area (Å²) in [5.41, 5.74) is 90.5. The normalized spacial score (nSPS) is 12.0. The molecule has 2 fully saturated rings. The first-order valence-electron chi connectivity index (χ1n) is 26.5. The average Bonchev–Trinajstić information content (AvgIpc) is 1.81. The number of benzene rings is 2. The van der Waals surface area contributed by atoms with E-state index in [0.717, 1.165) is 55.7 Å². The number of amides is 8. The monoisotopic (exact) mass is 1140 g/mol. The highest BCUT2D eigenvalue weighted by atomic mass is 16.2. The molecule has 0 N–H and O–H groups in total. The van der Waals surface area contributed by atoms with E-state index in [1.54, 1.807) is 0 Å². The van der Waals surface area contributed by atoms with Gasteiger partial charge in [-0.05, 0) is 169 Å². The summed E-state index contributed by atoms with van der Waals surface area (Å²) >= 11 is 0. The molecule has 0 aromatic heterocycles. The van der Waals surface area contributed by atoms with Gasteiger partial charge in [-0.15, -0.1) is 0 Å². The summed E-state index contributed by atoms with van der Waals surface area (Å²) < 4.78 is 0. The Labute approximate surface area is 503 Å². The molecule has 0 bridgehead atoms. The Balaban J connectivity index is 1.80. The SMILES string of the molecule is C=C=C=C=C=C=C=C=C=C=C=C=C=C=C=C=C=C=C=C=C=C=C=C=C=C=C=C=C=C=C=C=C=C=C=C(N(C(C)=O)C1CC(=O)N(C)C1=O)N(C(C)=O)C1CC(=O)N(c2c(CC)cc(Cc3cc(CC)c(N(C(C)=O)C(C)=O)c(CC)c3)cc2CC)C1=O. The summed E-state index contributed by atoms with van der Waals surface area (Å²) in [6, 6.07) is 4.86. The van der Waals surface area contributed by atoms with Crippen LogP contribution in [-0.4, -0.2) is 81.1 Å². The number of likely N-dealkylation sites (N-methyl/N-ethyl adjacent to an activating group) is 1. The number of hydrogen-bond acceptors (Lipinski definition) is 8. The summed E-state index contributed by atoms with van der Waals surface area (Å²) in [5.74, 6) is -5.55. The van der Waals surface area contributed by atoms with Gasteiger partial charge in [0.25, 0.3) is 11.8 Å². The van der Waals surface area contributed by atoms with Gasteiger partial charge in [-0.3, -0.25) is 58.0 Å². The molecule has 2 saturated heterocycles. The van der Waals surface area contributed by atoms with Gasteiger partial charge in [0.1, 0.15) is 12.1 Å². The van der Waals surface area contributed by atoms with Crippen LogP contribution in [0, 0.1) is 0 Å². The van der Waals surface area contributed by atoms with Gasteiger partial charge in [-0.25, -0.2) is 4.90 Å². The van der Waals surface area contributed by atoms with Crippen molar-refractivity contribution in [3.05, 3.63) is 265 Å². The van der Waals surface area contributed by atoms with Crippen molar-refractivity contribution in [1.82, 2.24) is 14.7 Å². The topological polar surface area (TPSA) is 153 Å². The number of likely N-dealkylation sites (tertiary alicyclic amines) is 1. The highest BCUT2D eigenvalue weighted by molar-refractivity contribution is 6.24. The van der Waals surface area contributed by atoms with Crippen LogP contribution in [0.1, 0.15) is 102 Å². The molecule has 2 unspecified atom stereocenters. The van der Waals surface area contributed by atoms with Crippen LogP contribution >= 0.6 is 0 Å². The lowest BCUT2D eigenvalue weighted by Gasteiger charge is -2.35. The molecule has 0 spiro atoms. The minimum absolute atomic E-state index is 0.368. The molecule has 87 heavy (non-hydrogen) atoms. The molecule has 13 heteroatoms. The van der Waals surface area contributed by atoms with Crippen LogP contribution in [0.2, 0.25) is 0 Å². The van der Waals surface area contributed by atoms with Crippen LogP contribution in [0.25, 0.3) is 0 Å². The van der Waals surface area contributed by atoms with E-state index in [1.807, 2.05) is 52.0 Å². The molecule has 2 atom stereocenters. The number of hydrogen-bond donors (Lipinski definition) is 0. The fourth-order valence-corrected chi connectivity index (χ4v) is 8.62. The largest absolute Gasteiger partial charge is 0.284 e. The Morgan fingerprint density at radius 3 is 1.02 bits per heavy atom. The first kappa shape index (κ1) is 66.6. The van der Waals surface area contributed by atoms with Gasteiger partial charge >= 0.3 is 0 Å². The van der Waals surface area contributed by atoms with E-state index in [4.69, 9.17) is 0 Å². The Bertz CT molecular complexity index is 4740. The molecule has 0 radical (unpaired) electrons. The summed E-state index contributed by atoms with van der Waals surface area (Å²) in [4.78, 5) is 113. The van der Waals surface area contributed by atoms with Gasteiger partial charge < -0.3 is 0 Å². The van der Waals surface area contributed by atoms with Crippen molar-refractivity contribution in [3.63, 3.8) is 0 Å². The van der Waals surface area contributed by atoms with E-state index in [0.29, 0.717) is 54.6 Å². The zero-order chi connectivity index (χ0) is 63.7. The quantitative estimate of drug-likeness (QED) is 0.151. The van der Waals surface area contributed by atoms with E-state index in [9.17, 15) is 38.4 Å². The number of imide groups is 3. The van der Waals surface area contributed by atoms with Crippen molar-refractivity contribution in [2.75, 3.05) is 16.8 Å². The van der Waals surface area contributed by atoms with Crippen LogP contribution in [0.5, 0.6) is 0 Å². The first-order valence-corrected chi connectivity index (χ1v) is 26.5. The second kappa shape index (κ2) is 35.0. The van der Waals surface area contributed by atoms with Gasteiger partial charge in [0.2, 0.25) is 35.4 Å². The van der Waals surface area contributed by atoms with Crippen LogP contribution in [-0.2, 0) is 70.5 Å². The van der Waals surface area contributed by atoms with E-state index in [-0.39, 0.29) is 11.8 Å². The van der Waals surface area contributed by atoms with Crippen molar-refractivity contribution in [2.24, 2.45) is 0 Å². The highest BCUT2D eigenvalue weighted by Crippen LogP contribution is 2.37. The van der Waals surface area contributed by atoms with Crippen molar-refractivity contribution in [3.8, 4) is 0 Å². The molecule has 418 valence electrons. The third-order valence-corrected chi connectivity index (χ3v) is 12.1. The summed E-state index contributed by atoms with van der Waals surface area (Å²) in [6.07, 6.45) is 1.43. The maximum Gasteiger partial charge on any atom is 0.257 e. The highest BCUT2D eigenvalue weighted by Gasteiger charge is 2.50. The number of anilines is 2. The molecule has 4 rings (SSSR count). The number of nitrogens with zero attached hydrogens (tertiary/aromatic N) is 5. The van der Waals surface area contributed by atoms with Gasteiger partial charge in [0.05, 0.1) is 24.2 Å². The van der Waals surface area contributed by atoms with Crippen LogP contribution in [0.4, 0.5) is 11.4 Å². The molecule has 8 amide bonds. The molecule has 13 nitrogen and oxygen atoms in total. The van der Waals surface area contributed by atoms with Crippen molar-refractivity contribution < 1.29 is 38.4 Å². The lowest BCUT2D eigenvalue weighted by atomic mass is 9.92. The van der Waals surface area contributed by atoms with Crippen LogP contribution in [0.15, 0.2) is 232 Å². The van der Waals surface area contributed by atoms with Crippen LogP contribution < -0.4 is 9.80 Å². The molecular formula is C74H49N5O8. The molecule has 2 aromatic carbocycles. The third-order valence-electron chi connectivity index (χ3n) is 12.1. The van der Waals surface area contributed by atoms with Gasteiger partial charge in [-0.2, -0.15) is 0 Å². The van der Waals surface area contributed by atoms with Crippen molar-refractivity contribution in [2.45, 2.75) is 112 Å². The summed E-state index contributed by atoms with van der Waals surface area (Å²) in [7, 11) is 1.25. The smallest absolute Gasteiger partial charge is 0.257 e. The minimum Gasteiger partial charge on any atom is -0.284 e. The number of carbonyl (C=O) groups is 8. The Hall–Kier alpha value is -12.9. The van der Waals surface area contributed by atoms with Gasteiger partial charge in [-0.1, -0.05) is 57.7 Å². The van der Waals surface area contributed by atoms with Gasteiger partial charge in [0.15, 0.2) is 5.82 Å². The Kier molecular flexibility index (Phi) is 26.8. The number of aryl methyl sites for hydroxylation is 4. The van der Waals surface area contributed by atoms with Crippen molar-refractivity contribution >= 4 is 58.6 Å². The summed E-state index contributed by atoms with van der Waals surface area (Å²) in [5, 5.41) is 0. The summed E-state index contributed by atoms with van der Waals surface area (Å²) in [6.45, 7) is 16.0. The molecule has 2 aliphatic rings. The molecule has 2 heterocycles. The van der Waals surface area contributed by atoms with E-state index >= 15 is 0 Å². The predicted octanol–water partition coefficient (Wildman–Crippen LogP) is 9.26. The van der Waals surface area contributed by atoms with Crippen LogP contribution in [0.3, 0.4) is 0 Å². The second-order valence-electron chi connectivity index (χ2n) is 17.7. The van der Waals surface area contributed by atoms with Crippen molar-refractivity contribution in [1.29, 1.82) is 0 Å². The van der Waals surface area contributed by atoms with E-state index in [1.165, 1.54) is 25.8 Å². The second-order valence-corrected chi connectivity index (χ2v) is 17.7. The molecule has 2 aliphatic heterocycles. The standard InChI is InChI=1S/C74H49N5O8/c1-11-16-17-18-19-20-21-22-23-24-25-26-27-28-29-30-31-32-33-34-35-36-37-38-39-40-41-42-43-44-45-46-47-48-68(77(58(8)82)66-54-69(84)75(10)73(66)86)78(59(9)83)67-55-70(85)79(74(67)87)72-64(14-4)52-61(53-65(72)15-5)49-60-50-62(12-2)71(63(13-3)51-60)76(56(6)80)57(7)81/h50-53,66-67H,1,12-15,49,54-55H2,2-10H3. The van der Waals surface area contributed by atoms with E-state index in [2.05, 4.69) is 201 Å². The fourth-order valence-electron chi connectivity index (χ4n) is 8.62. The zero-order valence-corrected chi connectivity index (χ0v) is 49.1. The lowest BCUT2D eigenvalue weighted by molar-refractivity contribution is -0.144. The number of carbonyl (C=O) groups excluding carboxylic acids is 8. The molecule has 0 aliphatic carbocycles. The lowest BCUT2D eigenvalue weighted by Crippen LogP contribution is -2.52. The van der Waals surface area contributed by atoms with Gasteiger partial charge in [0, 0.05) is 126 Å². The zero-order valence-electron chi connectivity index (χ0n) is 49.1. The Morgan fingerprint density at radius 1 is 0.437 bits per heavy atom. The average molecular weight is 1140 g/mol. The molecule has 2 aromatic rings. The molecule has 0 saturated carbocycles. The molecular weight excluding hydrogens is 1090 g/mol. The number of rotatable bonds is 12. The minimum atomic E-state index is -1.53. The van der Waals surface area contributed by atoms with E-state index < -0.39 is 66.2 Å². The maximum absolute atomic E-state index is 14.9. The third kappa shape index (κ3) is 19.4. The predicted molar refractivity (Wildman–Crippen MR) is 318 cm³/mol.